The first-order valence-corrected chi connectivity index (χ1v) is 9.03. The topological polar surface area (TPSA) is 34.1 Å². The molecule has 0 bridgehead atoms. The largest absolute Gasteiger partial charge is 0.497 e. The highest BCUT2D eigenvalue weighted by molar-refractivity contribution is 6.30. The van der Waals surface area contributed by atoms with E-state index in [1.54, 1.807) is 7.11 Å². The predicted molar refractivity (Wildman–Crippen MR) is 99.5 cm³/mol. The Labute approximate surface area is 153 Å². The Bertz CT molecular complexity index is 821. The maximum absolute atomic E-state index is 6.23. The minimum Gasteiger partial charge on any atom is -0.497 e. The van der Waals surface area contributed by atoms with E-state index in [-0.39, 0.29) is 12.3 Å². The van der Waals surface area contributed by atoms with Crippen LogP contribution in [0, 0.1) is 0 Å². The van der Waals surface area contributed by atoms with E-state index in [1.807, 2.05) is 36.4 Å². The van der Waals surface area contributed by atoms with Gasteiger partial charge in [-0.15, -0.1) is 0 Å². The molecule has 2 aliphatic rings. The molecule has 25 heavy (non-hydrogen) atoms. The molecule has 2 aliphatic heterocycles. The number of hydrogen-bond donors (Lipinski definition) is 0. The average molecular weight is 357 g/mol. The number of methoxy groups -OCH3 is 1. The van der Waals surface area contributed by atoms with Gasteiger partial charge < -0.3 is 9.47 Å². The van der Waals surface area contributed by atoms with Crippen LogP contribution in [0.2, 0.25) is 5.02 Å². The Morgan fingerprint density at radius 3 is 2.96 bits per heavy atom. The first kappa shape index (κ1) is 16.3. The van der Waals surface area contributed by atoms with Crippen molar-refractivity contribution in [3.8, 4) is 11.5 Å². The molecule has 0 spiro atoms. The molecule has 0 amide bonds. The molecule has 0 saturated carbocycles. The van der Waals surface area contributed by atoms with E-state index < -0.39 is 0 Å². The molecule has 5 heteroatoms. The van der Waals surface area contributed by atoms with Gasteiger partial charge in [-0.2, -0.15) is 5.10 Å². The summed E-state index contributed by atoms with van der Waals surface area (Å²) in [5.41, 5.74) is 3.26. The lowest BCUT2D eigenvalue weighted by Crippen LogP contribution is -2.40. The van der Waals surface area contributed by atoms with E-state index in [9.17, 15) is 0 Å². The standard InChI is InChI=1S/C20H21ClN2O2/c1-3-5-20-23-18(16-11-14(21)8-9-19(16)25-20)12-17(22-23)13-6-4-7-15(10-13)24-2/h4,6-11,18,20H,3,5,12H2,1-2H3/t18-,20-/m1/s1. The van der Waals surface area contributed by atoms with Gasteiger partial charge in [0.25, 0.3) is 0 Å². The molecule has 2 atom stereocenters. The summed E-state index contributed by atoms with van der Waals surface area (Å²) >= 11 is 6.23. The minimum absolute atomic E-state index is 0.0354. The third-order valence-electron chi connectivity index (χ3n) is 4.77. The molecule has 0 aliphatic carbocycles. The number of fused-ring (bicyclic) bond motifs is 3. The molecule has 4 rings (SSSR count). The smallest absolute Gasteiger partial charge is 0.187 e. The van der Waals surface area contributed by atoms with Gasteiger partial charge in [0.2, 0.25) is 0 Å². The van der Waals surface area contributed by atoms with Crippen LogP contribution >= 0.6 is 11.6 Å². The van der Waals surface area contributed by atoms with E-state index in [0.29, 0.717) is 0 Å². The first-order valence-electron chi connectivity index (χ1n) is 8.66. The van der Waals surface area contributed by atoms with E-state index in [0.717, 1.165) is 52.6 Å². The summed E-state index contributed by atoms with van der Waals surface area (Å²) in [6, 6.07) is 14.1. The molecule has 0 unspecified atom stereocenters. The number of benzene rings is 2. The maximum atomic E-state index is 6.23. The van der Waals surface area contributed by atoms with Gasteiger partial charge in [0.05, 0.1) is 18.9 Å². The highest BCUT2D eigenvalue weighted by atomic mass is 35.5. The molecule has 2 aromatic rings. The Morgan fingerprint density at radius 1 is 1.28 bits per heavy atom. The van der Waals surface area contributed by atoms with Crippen molar-refractivity contribution >= 4 is 17.3 Å². The molecular weight excluding hydrogens is 336 g/mol. The quantitative estimate of drug-likeness (QED) is 0.771. The SMILES string of the molecule is CCC[C@H]1Oc2ccc(Cl)cc2[C@H]2CC(c3cccc(OC)c3)=NN21. The molecule has 2 aromatic carbocycles. The predicted octanol–water partition coefficient (Wildman–Crippen LogP) is 5.02. The van der Waals surface area contributed by atoms with Gasteiger partial charge in [0.15, 0.2) is 6.23 Å². The Balaban J connectivity index is 1.72. The summed E-state index contributed by atoms with van der Waals surface area (Å²) in [4.78, 5) is 0. The highest BCUT2D eigenvalue weighted by Crippen LogP contribution is 2.44. The van der Waals surface area contributed by atoms with Crippen molar-refractivity contribution in [2.45, 2.75) is 38.5 Å². The lowest BCUT2D eigenvalue weighted by molar-refractivity contribution is -0.0223. The zero-order valence-corrected chi connectivity index (χ0v) is 15.2. The van der Waals surface area contributed by atoms with Gasteiger partial charge in [-0.1, -0.05) is 37.1 Å². The van der Waals surface area contributed by atoms with Crippen LogP contribution in [-0.4, -0.2) is 24.1 Å². The molecule has 0 radical (unpaired) electrons. The van der Waals surface area contributed by atoms with Crippen molar-refractivity contribution in [1.29, 1.82) is 0 Å². The summed E-state index contributed by atoms with van der Waals surface area (Å²) in [5.74, 6) is 1.76. The zero-order valence-electron chi connectivity index (χ0n) is 14.4. The number of halogens is 1. The Kier molecular flexibility index (Phi) is 4.30. The highest BCUT2D eigenvalue weighted by Gasteiger charge is 2.39. The van der Waals surface area contributed by atoms with Gasteiger partial charge in [0.1, 0.15) is 11.5 Å². The fourth-order valence-electron chi connectivity index (χ4n) is 3.55. The van der Waals surface area contributed by atoms with E-state index in [4.69, 9.17) is 26.2 Å². The zero-order chi connectivity index (χ0) is 17.4. The van der Waals surface area contributed by atoms with Gasteiger partial charge in [-0.05, 0) is 30.3 Å². The van der Waals surface area contributed by atoms with Gasteiger partial charge in [-0.3, -0.25) is 5.01 Å². The number of hydrogen-bond acceptors (Lipinski definition) is 4. The van der Waals surface area contributed by atoms with Crippen molar-refractivity contribution in [2.75, 3.05) is 7.11 Å². The molecule has 0 N–H and O–H groups in total. The third kappa shape index (κ3) is 2.95. The van der Waals surface area contributed by atoms with Crippen LogP contribution < -0.4 is 9.47 Å². The van der Waals surface area contributed by atoms with E-state index in [2.05, 4.69) is 18.0 Å². The summed E-state index contributed by atoms with van der Waals surface area (Å²) in [5, 5.41) is 7.75. The monoisotopic (exact) mass is 356 g/mol. The first-order chi connectivity index (χ1) is 12.2. The van der Waals surface area contributed by atoms with Crippen molar-refractivity contribution < 1.29 is 9.47 Å². The summed E-state index contributed by atoms with van der Waals surface area (Å²) in [7, 11) is 1.68. The summed E-state index contributed by atoms with van der Waals surface area (Å²) in [6.07, 6.45) is 2.78. The van der Waals surface area contributed by atoms with E-state index in [1.165, 1.54) is 0 Å². The average Bonchev–Trinajstić information content (AvgIpc) is 3.08. The number of rotatable bonds is 4. The van der Waals surface area contributed by atoms with Crippen molar-refractivity contribution in [2.24, 2.45) is 5.10 Å². The Hall–Kier alpha value is -2.20. The van der Waals surface area contributed by atoms with Crippen LogP contribution in [0.25, 0.3) is 0 Å². The van der Waals surface area contributed by atoms with Crippen molar-refractivity contribution in [3.05, 3.63) is 58.6 Å². The van der Waals surface area contributed by atoms with Gasteiger partial charge >= 0.3 is 0 Å². The van der Waals surface area contributed by atoms with Crippen molar-refractivity contribution in [3.63, 3.8) is 0 Å². The lowest BCUT2D eigenvalue weighted by atomic mass is 9.96. The fourth-order valence-corrected chi connectivity index (χ4v) is 3.73. The number of nitrogens with zero attached hydrogens (tertiary/aromatic N) is 2. The van der Waals surface area contributed by atoms with Gasteiger partial charge in [0, 0.05) is 29.0 Å². The number of hydrazone groups is 1. The second kappa shape index (κ2) is 6.60. The van der Waals surface area contributed by atoms with Crippen LogP contribution in [0.5, 0.6) is 11.5 Å². The third-order valence-corrected chi connectivity index (χ3v) is 5.00. The van der Waals surface area contributed by atoms with E-state index >= 15 is 0 Å². The summed E-state index contributed by atoms with van der Waals surface area (Å²) < 4.78 is 11.6. The van der Waals surface area contributed by atoms with Crippen LogP contribution in [0.15, 0.2) is 47.6 Å². The number of ether oxygens (including phenoxy) is 2. The molecule has 0 saturated heterocycles. The summed E-state index contributed by atoms with van der Waals surface area (Å²) in [6.45, 7) is 2.17. The fraction of sp³-hybridized carbons (Fsp3) is 0.350. The second-order valence-electron chi connectivity index (χ2n) is 6.42. The molecule has 4 nitrogen and oxygen atoms in total. The van der Waals surface area contributed by atoms with Gasteiger partial charge in [-0.25, -0.2) is 0 Å². The Morgan fingerprint density at radius 2 is 2.16 bits per heavy atom. The normalized spacial score (nSPS) is 21.2. The lowest BCUT2D eigenvalue weighted by Gasteiger charge is -2.38. The maximum Gasteiger partial charge on any atom is 0.187 e. The van der Waals surface area contributed by atoms with Crippen LogP contribution in [0.1, 0.15) is 43.4 Å². The van der Waals surface area contributed by atoms with Crippen LogP contribution in [0.3, 0.4) is 0 Å². The van der Waals surface area contributed by atoms with Crippen LogP contribution in [-0.2, 0) is 0 Å². The molecule has 0 aromatic heterocycles. The van der Waals surface area contributed by atoms with Crippen LogP contribution in [0.4, 0.5) is 0 Å². The molecular formula is C20H21ClN2O2. The molecule has 130 valence electrons. The van der Waals surface area contributed by atoms with Crippen molar-refractivity contribution in [1.82, 2.24) is 5.01 Å². The molecule has 0 fully saturated rings. The second-order valence-corrected chi connectivity index (χ2v) is 6.86. The minimum atomic E-state index is -0.0354. The molecule has 2 heterocycles.